The number of allylic oxidation sites excluding steroid dienone is 1. The van der Waals surface area contributed by atoms with Gasteiger partial charge in [-0.25, -0.2) is 4.39 Å². The molecule has 1 rings (SSSR count). The Morgan fingerprint density at radius 3 is 2.75 bits per heavy atom. The SMILES string of the molecule is CC(C)(C)[S@@+]([O-])N[C@H](CF)C1CCC=CO1. The lowest BCUT2D eigenvalue weighted by Gasteiger charge is -2.31. The first kappa shape index (κ1) is 13.8. The lowest BCUT2D eigenvalue weighted by atomic mass is 10.1. The fraction of sp³-hybridized carbons (Fsp3) is 0.818. The minimum Gasteiger partial charge on any atom is -0.598 e. The molecule has 0 saturated heterocycles. The molecule has 0 radical (unpaired) electrons. The van der Waals surface area contributed by atoms with Crippen molar-refractivity contribution in [3.8, 4) is 0 Å². The molecule has 1 heterocycles. The molecular weight excluding hydrogens is 229 g/mol. The molecule has 5 heteroatoms. The Hall–Kier alpha value is -0.260. The Balaban J connectivity index is 2.51. The van der Waals surface area contributed by atoms with E-state index in [2.05, 4.69) is 4.72 Å². The van der Waals surface area contributed by atoms with Crippen molar-refractivity contribution in [3.63, 3.8) is 0 Å². The van der Waals surface area contributed by atoms with Crippen LogP contribution >= 0.6 is 0 Å². The first-order valence-corrected chi connectivity index (χ1v) is 6.64. The maximum Gasteiger partial charge on any atom is 0.136 e. The summed E-state index contributed by atoms with van der Waals surface area (Å²) < 4.78 is 32.5. The van der Waals surface area contributed by atoms with Crippen LogP contribution in [0.3, 0.4) is 0 Å². The number of hydrogen-bond acceptors (Lipinski definition) is 3. The van der Waals surface area contributed by atoms with Crippen molar-refractivity contribution in [1.82, 2.24) is 4.72 Å². The quantitative estimate of drug-likeness (QED) is 0.776. The predicted octanol–water partition coefficient (Wildman–Crippen LogP) is 2.07. The zero-order valence-electron chi connectivity index (χ0n) is 10.0. The van der Waals surface area contributed by atoms with Gasteiger partial charge in [0, 0.05) is 11.4 Å². The highest BCUT2D eigenvalue weighted by Gasteiger charge is 2.33. The fourth-order valence-electron chi connectivity index (χ4n) is 1.37. The number of halogens is 1. The van der Waals surface area contributed by atoms with Gasteiger partial charge in [0.2, 0.25) is 0 Å². The molecule has 0 aromatic heterocycles. The van der Waals surface area contributed by atoms with Gasteiger partial charge in [-0.2, -0.15) is 0 Å². The highest BCUT2D eigenvalue weighted by molar-refractivity contribution is 7.90. The van der Waals surface area contributed by atoms with E-state index in [4.69, 9.17) is 4.74 Å². The van der Waals surface area contributed by atoms with Gasteiger partial charge < -0.3 is 9.29 Å². The van der Waals surface area contributed by atoms with Gasteiger partial charge >= 0.3 is 0 Å². The summed E-state index contributed by atoms with van der Waals surface area (Å²) in [5.74, 6) is 0. The van der Waals surface area contributed by atoms with Crippen molar-refractivity contribution in [2.24, 2.45) is 0 Å². The monoisotopic (exact) mass is 249 g/mol. The second-order valence-electron chi connectivity index (χ2n) is 4.88. The van der Waals surface area contributed by atoms with Gasteiger partial charge in [0.25, 0.3) is 0 Å². The Bertz CT molecular complexity index is 243. The molecular formula is C11H20FNO2S. The molecule has 0 spiro atoms. The topological polar surface area (TPSA) is 44.3 Å². The molecule has 0 fully saturated rings. The Kier molecular flexibility index (Phi) is 5.08. The molecule has 0 bridgehead atoms. The molecule has 0 amide bonds. The minimum atomic E-state index is -1.26. The van der Waals surface area contributed by atoms with Crippen LogP contribution in [0.2, 0.25) is 0 Å². The van der Waals surface area contributed by atoms with Gasteiger partial charge in [-0.3, -0.25) is 0 Å². The molecule has 0 aromatic carbocycles. The molecule has 1 N–H and O–H groups in total. The van der Waals surface area contributed by atoms with Crippen LogP contribution in [-0.4, -0.2) is 28.1 Å². The van der Waals surface area contributed by atoms with Crippen LogP contribution in [0.25, 0.3) is 0 Å². The minimum absolute atomic E-state index is 0.221. The lowest BCUT2D eigenvalue weighted by molar-refractivity contribution is 0.0836. The van der Waals surface area contributed by atoms with Crippen LogP contribution in [0.15, 0.2) is 12.3 Å². The summed E-state index contributed by atoms with van der Waals surface area (Å²) in [4.78, 5) is 0. The zero-order valence-corrected chi connectivity index (χ0v) is 10.8. The largest absolute Gasteiger partial charge is 0.598 e. The molecule has 0 aromatic rings. The lowest BCUT2D eigenvalue weighted by Crippen LogP contribution is -2.51. The molecule has 94 valence electrons. The summed E-state index contributed by atoms with van der Waals surface area (Å²) in [6.07, 6.45) is 4.93. The molecule has 3 atom stereocenters. The summed E-state index contributed by atoms with van der Waals surface area (Å²) in [5, 5.41) is 0. The maximum atomic E-state index is 12.9. The van der Waals surface area contributed by atoms with E-state index < -0.39 is 28.8 Å². The van der Waals surface area contributed by atoms with Crippen molar-refractivity contribution in [1.29, 1.82) is 0 Å². The van der Waals surface area contributed by atoms with Gasteiger partial charge in [-0.15, -0.1) is 4.72 Å². The van der Waals surface area contributed by atoms with Crippen LogP contribution in [0.1, 0.15) is 33.6 Å². The van der Waals surface area contributed by atoms with E-state index in [0.29, 0.717) is 0 Å². The van der Waals surface area contributed by atoms with E-state index in [9.17, 15) is 8.94 Å². The third-order valence-corrected chi connectivity index (χ3v) is 4.03. The van der Waals surface area contributed by atoms with Crippen LogP contribution in [-0.2, 0) is 16.1 Å². The third-order valence-electron chi connectivity index (χ3n) is 2.40. The zero-order chi connectivity index (χ0) is 12.2. The van der Waals surface area contributed by atoms with Crippen molar-refractivity contribution >= 4 is 11.4 Å². The first-order chi connectivity index (χ1) is 7.45. The highest BCUT2D eigenvalue weighted by Crippen LogP contribution is 2.19. The average Bonchev–Trinajstić information content (AvgIpc) is 2.25. The van der Waals surface area contributed by atoms with E-state index in [1.54, 1.807) is 6.26 Å². The molecule has 1 unspecified atom stereocenters. The fourth-order valence-corrected chi connectivity index (χ4v) is 2.21. The van der Waals surface area contributed by atoms with Gasteiger partial charge in [0.05, 0.1) is 6.26 Å². The number of nitrogens with one attached hydrogen (secondary N) is 1. The summed E-state index contributed by atoms with van der Waals surface area (Å²) in [6.45, 7) is 4.99. The van der Waals surface area contributed by atoms with E-state index in [-0.39, 0.29) is 6.10 Å². The van der Waals surface area contributed by atoms with E-state index in [0.717, 1.165) is 12.8 Å². The summed E-state index contributed by atoms with van der Waals surface area (Å²) in [7, 11) is 0. The van der Waals surface area contributed by atoms with Crippen molar-refractivity contribution < 1.29 is 13.7 Å². The summed E-state index contributed by atoms with van der Waals surface area (Å²) >= 11 is -1.26. The Labute approximate surface area is 99.8 Å². The standard InChI is InChI=1S/C11H20FNO2S/c1-11(2,3)16(14)13-9(8-12)10-6-4-5-7-15-10/h5,7,9-10,13H,4,6,8H2,1-3H3/t9-,10?,16-/m1/s1. The van der Waals surface area contributed by atoms with Crippen molar-refractivity contribution in [2.75, 3.05) is 6.67 Å². The third kappa shape index (κ3) is 3.96. The van der Waals surface area contributed by atoms with Crippen LogP contribution in [0.4, 0.5) is 4.39 Å². The molecule has 16 heavy (non-hydrogen) atoms. The summed E-state index contributed by atoms with van der Waals surface area (Å²) in [6, 6.07) is -0.495. The predicted molar refractivity (Wildman–Crippen MR) is 64.0 cm³/mol. The molecule has 0 aliphatic carbocycles. The molecule has 1 aliphatic rings. The van der Waals surface area contributed by atoms with Gasteiger partial charge in [-0.1, -0.05) is 0 Å². The van der Waals surface area contributed by atoms with E-state index in [1.165, 1.54) is 0 Å². The second-order valence-corrected chi connectivity index (χ2v) is 6.88. The molecule has 0 saturated carbocycles. The van der Waals surface area contributed by atoms with Gasteiger partial charge in [0.1, 0.15) is 23.6 Å². The van der Waals surface area contributed by atoms with Crippen LogP contribution in [0, 0.1) is 0 Å². The number of ether oxygens (including phenoxy) is 1. The molecule has 1 aliphatic heterocycles. The van der Waals surface area contributed by atoms with E-state index in [1.807, 2.05) is 26.8 Å². The summed E-state index contributed by atoms with van der Waals surface area (Å²) in [5.41, 5.74) is 0. The highest BCUT2D eigenvalue weighted by atomic mass is 32.2. The number of hydrogen-bond donors (Lipinski definition) is 1. The number of alkyl halides is 1. The molecule has 3 nitrogen and oxygen atoms in total. The first-order valence-electron chi connectivity index (χ1n) is 5.49. The van der Waals surface area contributed by atoms with Crippen LogP contribution in [0.5, 0.6) is 0 Å². The van der Waals surface area contributed by atoms with Crippen LogP contribution < -0.4 is 4.72 Å². The smallest absolute Gasteiger partial charge is 0.136 e. The van der Waals surface area contributed by atoms with Crippen molar-refractivity contribution in [3.05, 3.63) is 12.3 Å². The average molecular weight is 249 g/mol. The van der Waals surface area contributed by atoms with Crippen molar-refractivity contribution in [2.45, 2.75) is 50.5 Å². The maximum absolute atomic E-state index is 12.9. The Morgan fingerprint density at radius 1 is 1.62 bits per heavy atom. The Morgan fingerprint density at radius 2 is 2.31 bits per heavy atom. The van der Waals surface area contributed by atoms with Gasteiger partial charge in [-0.05, 0) is 39.7 Å². The van der Waals surface area contributed by atoms with Gasteiger partial charge in [0.15, 0.2) is 0 Å². The number of rotatable bonds is 4. The van der Waals surface area contributed by atoms with E-state index >= 15 is 0 Å². The normalized spacial score (nSPS) is 24.9. The second kappa shape index (κ2) is 5.89.